The predicted molar refractivity (Wildman–Crippen MR) is 56.4 cm³/mol. The molecule has 14 heavy (non-hydrogen) atoms. The van der Waals surface area contributed by atoms with E-state index in [9.17, 15) is 4.79 Å². The summed E-state index contributed by atoms with van der Waals surface area (Å²) in [4.78, 5) is 16.7. The molecule has 0 aliphatic heterocycles. The van der Waals surface area contributed by atoms with E-state index < -0.39 is 0 Å². The molecule has 0 rings (SSSR count). The van der Waals surface area contributed by atoms with Crippen LogP contribution in [-0.2, 0) is 9.63 Å². The summed E-state index contributed by atoms with van der Waals surface area (Å²) in [7, 11) is 0. The molecular formula is C10H22N2O2. The fourth-order valence-corrected chi connectivity index (χ4v) is 0.991. The highest BCUT2D eigenvalue weighted by atomic mass is 16.7. The highest BCUT2D eigenvalue weighted by Gasteiger charge is 2.18. The predicted octanol–water partition coefficient (Wildman–Crippen LogP) is 1.21. The first-order valence-electron chi connectivity index (χ1n) is 5.08. The van der Waals surface area contributed by atoms with Gasteiger partial charge < -0.3 is 5.73 Å². The van der Waals surface area contributed by atoms with Crippen LogP contribution < -0.4 is 11.2 Å². The Balaban J connectivity index is 3.93. The average Bonchev–Trinajstić information content (AvgIpc) is 2.09. The molecule has 0 aromatic heterocycles. The van der Waals surface area contributed by atoms with Crippen molar-refractivity contribution in [2.75, 3.05) is 6.54 Å². The van der Waals surface area contributed by atoms with Gasteiger partial charge in [0.2, 0.25) is 5.91 Å². The quantitative estimate of drug-likeness (QED) is 0.659. The van der Waals surface area contributed by atoms with Gasteiger partial charge in [-0.15, -0.1) is 0 Å². The maximum Gasteiger partial charge on any atom is 0.247 e. The molecule has 0 aliphatic rings. The summed E-state index contributed by atoms with van der Waals surface area (Å²) in [5, 5.41) is 0. The third-order valence-corrected chi connectivity index (χ3v) is 1.75. The van der Waals surface area contributed by atoms with Gasteiger partial charge in [0.05, 0.1) is 11.5 Å². The van der Waals surface area contributed by atoms with Crippen molar-refractivity contribution < 1.29 is 9.63 Å². The molecule has 4 heteroatoms. The SMILES string of the molecule is CCCC(CN)C(=O)NOC(C)(C)C. The van der Waals surface area contributed by atoms with Crippen molar-refractivity contribution in [3.8, 4) is 0 Å². The van der Waals surface area contributed by atoms with Gasteiger partial charge in [-0.3, -0.25) is 9.63 Å². The molecule has 1 atom stereocenters. The van der Waals surface area contributed by atoms with Crippen LogP contribution in [0.3, 0.4) is 0 Å². The van der Waals surface area contributed by atoms with Crippen molar-refractivity contribution in [2.45, 2.75) is 46.1 Å². The lowest BCUT2D eigenvalue weighted by Gasteiger charge is -2.21. The lowest BCUT2D eigenvalue weighted by Crippen LogP contribution is -2.39. The molecule has 3 N–H and O–H groups in total. The molecule has 0 aromatic rings. The van der Waals surface area contributed by atoms with E-state index in [0.717, 1.165) is 12.8 Å². The second-order valence-corrected chi connectivity index (χ2v) is 4.40. The number of amides is 1. The Labute approximate surface area is 86.1 Å². The largest absolute Gasteiger partial charge is 0.330 e. The van der Waals surface area contributed by atoms with Gasteiger partial charge >= 0.3 is 0 Å². The van der Waals surface area contributed by atoms with E-state index in [1.54, 1.807) is 0 Å². The van der Waals surface area contributed by atoms with Crippen LogP contribution >= 0.6 is 0 Å². The zero-order valence-corrected chi connectivity index (χ0v) is 9.59. The van der Waals surface area contributed by atoms with E-state index in [1.165, 1.54) is 0 Å². The minimum Gasteiger partial charge on any atom is -0.330 e. The fourth-order valence-electron chi connectivity index (χ4n) is 0.991. The molecule has 0 saturated heterocycles. The van der Waals surface area contributed by atoms with Crippen LogP contribution in [0.1, 0.15) is 40.5 Å². The Kier molecular flexibility index (Phi) is 5.72. The van der Waals surface area contributed by atoms with Crippen molar-refractivity contribution in [1.29, 1.82) is 0 Å². The topological polar surface area (TPSA) is 64.4 Å². The van der Waals surface area contributed by atoms with Gasteiger partial charge in [0.1, 0.15) is 0 Å². The van der Waals surface area contributed by atoms with Crippen molar-refractivity contribution in [2.24, 2.45) is 11.7 Å². The van der Waals surface area contributed by atoms with Crippen molar-refractivity contribution >= 4 is 5.91 Å². The zero-order valence-electron chi connectivity index (χ0n) is 9.59. The Bertz CT molecular complexity index is 175. The van der Waals surface area contributed by atoms with Gasteiger partial charge in [0.15, 0.2) is 0 Å². The minimum absolute atomic E-state index is 0.121. The summed E-state index contributed by atoms with van der Waals surface area (Å²) in [6, 6.07) is 0. The number of hydroxylamine groups is 1. The molecule has 0 fully saturated rings. The molecule has 84 valence electrons. The van der Waals surface area contributed by atoms with Crippen molar-refractivity contribution in [1.82, 2.24) is 5.48 Å². The first-order valence-corrected chi connectivity index (χ1v) is 5.08. The summed E-state index contributed by atoms with van der Waals surface area (Å²) < 4.78 is 0. The maximum absolute atomic E-state index is 11.5. The number of rotatable bonds is 5. The molecule has 0 radical (unpaired) electrons. The summed E-state index contributed by atoms with van der Waals surface area (Å²) in [5.74, 6) is -0.258. The molecule has 0 aliphatic carbocycles. The lowest BCUT2D eigenvalue weighted by molar-refractivity contribution is -0.149. The fraction of sp³-hybridized carbons (Fsp3) is 0.900. The molecular weight excluding hydrogens is 180 g/mol. The molecule has 1 unspecified atom stereocenters. The van der Waals surface area contributed by atoms with Crippen LogP contribution in [0.15, 0.2) is 0 Å². The van der Waals surface area contributed by atoms with Gasteiger partial charge in [-0.25, -0.2) is 5.48 Å². The second-order valence-electron chi connectivity index (χ2n) is 4.40. The Hall–Kier alpha value is -0.610. The Morgan fingerprint density at radius 1 is 1.50 bits per heavy atom. The smallest absolute Gasteiger partial charge is 0.247 e. The first-order chi connectivity index (χ1) is 6.40. The third-order valence-electron chi connectivity index (χ3n) is 1.75. The maximum atomic E-state index is 11.5. The van der Waals surface area contributed by atoms with Gasteiger partial charge in [-0.1, -0.05) is 13.3 Å². The van der Waals surface area contributed by atoms with Gasteiger partial charge in [-0.2, -0.15) is 0 Å². The van der Waals surface area contributed by atoms with Crippen LogP contribution in [0.4, 0.5) is 0 Å². The van der Waals surface area contributed by atoms with E-state index in [-0.39, 0.29) is 17.4 Å². The standard InChI is InChI=1S/C10H22N2O2/c1-5-6-8(7-11)9(13)12-14-10(2,3)4/h8H,5-7,11H2,1-4H3,(H,12,13). The Morgan fingerprint density at radius 2 is 2.07 bits per heavy atom. The van der Waals surface area contributed by atoms with Crippen molar-refractivity contribution in [3.05, 3.63) is 0 Å². The zero-order chi connectivity index (χ0) is 11.2. The summed E-state index contributed by atoms with van der Waals surface area (Å²) in [6.07, 6.45) is 1.75. The number of nitrogens with one attached hydrogen (secondary N) is 1. The highest BCUT2D eigenvalue weighted by Crippen LogP contribution is 2.07. The van der Waals surface area contributed by atoms with Gasteiger partial charge in [-0.05, 0) is 27.2 Å². The summed E-state index contributed by atoms with van der Waals surface area (Å²) in [5.41, 5.74) is 7.56. The van der Waals surface area contributed by atoms with E-state index in [2.05, 4.69) is 5.48 Å². The van der Waals surface area contributed by atoms with Crippen LogP contribution in [0.25, 0.3) is 0 Å². The van der Waals surface area contributed by atoms with Crippen LogP contribution in [0, 0.1) is 5.92 Å². The van der Waals surface area contributed by atoms with Crippen LogP contribution in [0.5, 0.6) is 0 Å². The monoisotopic (exact) mass is 202 g/mol. The Morgan fingerprint density at radius 3 is 2.43 bits per heavy atom. The molecule has 0 aromatic carbocycles. The number of carbonyl (C=O) groups is 1. The van der Waals surface area contributed by atoms with E-state index in [1.807, 2.05) is 27.7 Å². The van der Waals surface area contributed by atoms with Crippen LogP contribution in [-0.4, -0.2) is 18.1 Å². The first kappa shape index (κ1) is 13.4. The van der Waals surface area contributed by atoms with Gasteiger partial charge in [0, 0.05) is 6.54 Å². The molecule has 0 bridgehead atoms. The van der Waals surface area contributed by atoms with E-state index in [0.29, 0.717) is 6.54 Å². The summed E-state index contributed by atoms with van der Waals surface area (Å²) >= 11 is 0. The van der Waals surface area contributed by atoms with E-state index in [4.69, 9.17) is 10.6 Å². The van der Waals surface area contributed by atoms with Crippen LogP contribution in [0.2, 0.25) is 0 Å². The molecule has 0 heterocycles. The minimum atomic E-state index is -0.360. The molecule has 4 nitrogen and oxygen atoms in total. The number of carbonyl (C=O) groups excluding carboxylic acids is 1. The number of nitrogens with two attached hydrogens (primary N) is 1. The second kappa shape index (κ2) is 5.98. The van der Waals surface area contributed by atoms with E-state index >= 15 is 0 Å². The normalized spacial score (nSPS) is 13.8. The highest BCUT2D eigenvalue weighted by molar-refractivity contribution is 5.77. The number of hydrogen-bond acceptors (Lipinski definition) is 3. The van der Waals surface area contributed by atoms with Crippen molar-refractivity contribution in [3.63, 3.8) is 0 Å². The molecule has 0 saturated carbocycles. The lowest BCUT2D eigenvalue weighted by atomic mass is 10.0. The average molecular weight is 202 g/mol. The summed E-state index contributed by atoms with van der Waals surface area (Å²) in [6.45, 7) is 8.04. The third kappa shape index (κ3) is 5.94. The molecule has 0 spiro atoms. The van der Waals surface area contributed by atoms with Gasteiger partial charge in [0.25, 0.3) is 0 Å². The molecule has 1 amide bonds. The number of hydrogen-bond donors (Lipinski definition) is 2.